The lowest BCUT2D eigenvalue weighted by Crippen LogP contribution is -2.47. The first-order chi connectivity index (χ1) is 5.34. The van der Waals surface area contributed by atoms with Gasteiger partial charge in [0.25, 0.3) is 0 Å². The molecule has 0 aromatic heterocycles. The molecule has 0 spiro atoms. The number of nitrogens with one attached hydrogen (secondary N) is 1. The summed E-state index contributed by atoms with van der Waals surface area (Å²) in [5, 5.41) is 0.804. The van der Waals surface area contributed by atoms with Gasteiger partial charge in [-0.15, -0.1) is 0 Å². The Bertz CT molecular complexity index is 205. The number of hydrogen-bond donors (Lipinski definition) is 1. The van der Waals surface area contributed by atoms with Crippen LogP contribution in [0.1, 0.15) is 0 Å². The molecule has 1 fully saturated rings. The van der Waals surface area contributed by atoms with Crippen molar-refractivity contribution in [3.8, 4) is 0 Å². The van der Waals surface area contributed by atoms with Crippen LogP contribution in [0.25, 0.3) is 0 Å². The Balaban J connectivity index is 2.78. The molecular weight excluding hydrogens is 175 g/mol. The highest BCUT2D eigenvalue weighted by Gasteiger charge is 2.49. The normalized spacial score (nSPS) is 25.4. The van der Waals surface area contributed by atoms with E-state index >= 15 is 0 Å². The highest BCUT2D eigenvalue weighted by Crippen LogP contribution is 2.25. The van der Waals surface area contributed by atoms with E-state index in [0.29, 0.717) is 4.90 Å². The summed E-state index contributed by atoms with van der Waals surface area (Å²) >= 11 is 0. The lowest BCUT2D eigenvalue weighted by Gasteiger charge is -2.19. The molecule has 0 bridgehead atoms. The summed E-state index contributed by atoms with van der Waals surface area (Å²) in [5.41, 5.74) is 1.98. The van der Waals surface area contributed by atoms with Crippen LogP contribution in [0.2, 0.25) is 0 Å². The molecule has 1 atom stereocenters. The van der Waals surface area contributed by atoms with Gasteiger partial charge in [0, 0.05) is 14.1 Å². The highest BCUT2D eigenvalue weighted by atomic mass is 19.4. The van der Waals surface area contributed by atoms with Crippen molar-refractivity contribution in [1.29, 1.82) is 0 Å². The maximum absolute atomic E-state index is 12.1. The number of amides is 2. The number of carbonyl (C=O) groups is 1. The molecule has 12 heavy (non-hydrogen) atoms. The molecular formula is C5H8F3N3O. The average Bonchev–Trinajstić information content (AvgIpc) is 2.15. The molecule has 2 amide bonds. The van der Waals surface area contributed by atoms with Gasteiger partial charge in [0.1, 0.15) is 0 Å². The van der Waals surface area contributed by atoms with Crippen molar-refractivity contribution in [2.75, 3.05) is 14.1 Å². The van der Waals surface area contributed by atoms with Crippen LogP contribution >= 0.6 is 0 Å². The van der Waals surface area contributed by atoms with Gasteiger partial charge in [-0.05, 0) is 0 Å². The van der Waals surface area contributed by atoms with Crippen molar-refractivity contribution in [3.05, 3.63) is 0 Å². The molecule has 1 aliphatic rings. The number of rotatable bonds is 0. The zero-order valence-electron chi connectivity index (χ0n) is 6.51. The summed E-state index contributed by atoms with van der Waals surface area (Å²) in [6.07, 6.45) is -6.34. The summed E-state index contributed by atoms with van der Waals surface area (Å²) in [4.78, 5) is 11.4. The molecule has 0 aromatic carbocycles. The van der Waals surface area contributed by atoms with Gasteiger partial charge in [0.15, 0.2) is 6.17 Å². The van der Waals surface area contributed by atoms with E-state index in [4.69, 9.17) is 0 Å². The average molecular weight is 183 g/mol. The Morgan fingerprint density at radius 2 is 1.92 bits per heavy atom. The molecule has 0 radical (unpaired) electrons. The van der Waals surface area contributed by atoms with E-state index in [1.165, 1.54) is 7.05 Å². The molecule has 0 aliphatic carbocycles. The third kappa shape index (κ3) is 1.31. The van der Waals surface area contributed by atoms with E-state index in [1.807, 2.05) is 5.43 Å². The van der Waals surface area contributed by atoms with Crippen molar-refractivity contribution < 1.29 is 18.0 Å². The van der Waals surface area contributed by atoms with Gasteiger partial charge < -0.3 is 4.90 Å². The first-order valence-electron chi connectivity index (χ1n) is 3.17. The molecule has 70 valence electrons. The van der Waals surface area contributed by atoms with Crippen LogP contribution in [-0.4, -0.2) is 42.4 Å². The van der Waals surface area contributed by atoms with Crippen LogP contribution in [0.15, 0.2) is 0 Å². The summed E-state index contributed by atoms with van der Waals surface area (Å²) in [7, 11) is 2.33. The fourth-order valence-electron chi connectivity index (χ4n) is 0.965. The minimum absolute atomic E-state index is 0.597. The summed E-state index contributed by atoms with van der Waals surface area (Å²) in [6, 6.07) is -0.697. The number of alkyl halides is 3. The maximum atomic E-state index is 12.1. The Morgan fingerprint density at radius 3 is 2.08 bits per heavy atom. The topological polar surface area (TPSA) is 35.6 Å². The molecule has 1 N–H and O–H groups in total. The Kier molecular flexibility index (Phi) is 1.91. The van der Waals surface area contributed by atoms with E-state index < -0.39 is 18.4 Å². The molecule has 1 saturated heterocycles. The zero-order valence-corrected chi connectivity index (χ0v) is 6.51. The molecule has 0 saturated carbocycles. The monoisotopic (exact) mass is 183 g/mol. The van der Waals surface area contributed by atoms with Crippen LogP contribution in [0.5, 0.6) is 0 Å². The minimum Gasteiger partial charge on any atom is -0.301 e. The van der Waals surface area contributed by atoms with Crippen LogP contribution in [-0.2, 0) is 0 Å². The number of nitrogens with zero attached hydrogens (tertiary/aromatic N) is 2. The predicted octanol–water partition coefficient (Wildman–Crippen LogP) is 0.377. The second kappa shape index (κ2) is 2.51. The van der Waals surface area contributed by atoms with Gasteiger partial charge in [0.2, 0.25) is 0 Å². The Morgan fingerprint density at radius 1 is 1.42 bits per heavy atom. The fourth-order valence-corrected chi connectivity index (χ4v) is 0.965. The first-order valence-corrected chi connectivity index (χ1v) is 3.17. The quantitative estimate of drug-likeness (QED) is 0.589. The number of urea groups is 1. The Labute approximate surface area is 66.9 Å². The number of carbonyl (C=O) groups excluding carboxylic acids is 1. The van der Waals surface area contributed by atoms with Crippen molar-refractivity contribution in [3.63, 3.8) is 0 Å². The second-order valence-electron chi connectivity index (χ2n) is 2.53. The third-order valence-electron chi connectivity index (χ3n) is 1.60. The van der Waals surface area contributed by atoms with E-state index in [2.05, 4.69) is 0 Å². The van der Waals surface area contributed by atoms with Gasteiger partial charge in [-0.3, -0.25) is 5.01 Å². The lowest BCUT2D eigenvalue weighted by molar-refractivity contribution is -0.178. The second-order valence-corrected chi connectivity index (χ2v) is 2.53. The van der Waals surface area contributed by atoms with Crippen molar-refractivity contribution in [2.24, 2.45) is 0 Å². The number of hydrogen-bond acceptors (Lipinski definition) is 2. The van der Waals surface area contributed by atoms with E-state index in [9.17, 15) is 18.0 Å². The maximum Gasteiger partial charge on any atom is 0.423 e. The van der Waals surface area contributed by atoms with Gasteiger partial charge in [-0.2, -0.15) is 18.6 Å². The van der Waals surface area contributed by atoms with Crippen LogP contribution in [0, 0.1) is 0 Å². The summed E-state index contributed by atoms with van der Waals surface area (Å²) in [6.45, 7) is 0. The van der Waals surface area contributed by atoms with Crippen LogP contribution < -0.4 is 5.43 Å². The van der Waals surface area contributed by atoms with Gasteiger partial charge in [-0.25, -0.2) is 4.79 Å². The van der Waals surface area contributed by atoms with E-state index in [0.717, 1.165) is 12.1 Å². The van der Waals surface area contributed by atoms with E-state index in [1.54, 1.807) is 0 Å². The number of hydrazine groups is 1. The predicted molar refractivity (Wildman–Crippen MR) is 33.9 cm³/mol. The molecule has 1 aliphatic heterocycles. The summed E-state index contributed by atoms with van der Waals surface area (Å²) < 4.78 is 36.2. The number of halogens is 3. The van der Waals surface area contributed by atoms with Crippen LogP contribution in [0.4, 0.5) is 18.0 Å². The minimum atomic E-state index is -4.44. The molecule has 0 aromatic rings. The largest absolute Gasteiger partial charge is 0.423 e. The van der Waals surface area contributed by atoms with Crippen LogP contribution in [0.3, 0.4) is 0 Å². The lowest BCUT2D eigenvalue weighted by atomic mass is 10.5. The molecule has 7 heteroatoms. The molecule has 1 rings (SSSR count). The molecule has 1 unspecified atom stereocenters. The molecule has 4 nitrogen and oxygen atoms in total. The molecule has 1 heterocycles. The third-order valence-corrected chi connectivity index (χ3v) is 1.60. The smallest absolute Gasteiger partial charge is 0.301 e. The van der Waals surface area contributed by atoms with Crippen molar-refractivity contribution >= 4 is 6.03 Å². The Hall–Kier alpha value is -0.980. The van der Waals surface area contributed by atoms with Gasteiger partial charge >= 0.3 is 12.2 Å². The van der Waals surface area contributed by atoms with E-state index in [-0.39, 0.29) is 0 Å². The zero-order chi connectivity index (χ0) is 9.52. The SMILES string of the molecule is CN1NC(C(F)(F)F)N(C)C1=O. The standard InChI is InChI=1S/C5H8F3N3O/c1-10-3(5(6,7)8)9-11(2)4(10)12/h3,9H,1-2H3. The summed E-state index contributed by atoms with van der Waals surface area (Å²) in [5.74, 6) is 0. The van der Waals surface area contributed by atoms with Crippen molar-refractivity contribution in [2.45, 2.75) is 12.3 Å². The first kappa shape index (κ1) is 9.11. The highest BCUT2D eigenvalue weighted by molar-refractivity contribution is 5.75. The van der Waals surface area contributed by atoms with Gasteiger partial charge in [0.05, 0.1) is 0 Å². The van der Waals surface area contributed by atoms with Gasteiger partial charge in [-0.1, -0.05) is 0 Å². The fraction of sp³-hybridized carbons (Fsp3) is 0.800. The van der Waals surface area contributed by atoms with Crippen molar-refractivity contribution in [1.82, 2.24) is 15.3 Å².